The Morgan fingerprint density at radius 3 is 2.14 bits per heavy atom. The summed E-state index contributed by atoms with van der Waals surface area (Å²) in [6.07, 6.45) is 0.655. The molecule has 1 aliphatic heterocycles. The minimum Gasteiger partial charge on any atom is -0.303 e. The van der Waals surface area contributed by atoms with Gasteiger partial charge in [-0.15, -0.1) is 0 Å². The highest BCUT2D eigenvalue weighted by Crippen LogP contribution is 2.38. The maximum absolute atomic E-state index is 9.05. The van der Waals surface area contributed by atoms with Crippen molar-refractivity contribution in [3.63, 3.8) is 0 Å². The molecule has 1 heterocycles. The first-order valence-corrected chi connectivity index (χ1v) is 8.43. The van der Waals surface area contributed by atoms with E-state index in [1.54, 1.807) is 0 Å². The fourth-order valence-corrected chi connectivity index (χ4v) is 3.45. The van der Waals surface area contributed by atoms with Gasteiger partial charge in [0, 0.05) is 15.6 Å². The van der Waals surface area contributed by atoms with Gasteiger partial charge in [0.25, 0.3) is 0 Å². The lowest BCUT2D eigenvalue weighted by molar-refractivity contribution is -0.841. The van der Waals surface area contributed by atoms with E-state index < -0.39 is 0 Å². The third kappa shape index (κ3) is 3.40. The molecule has 1 aliphatic rings. The van der Waals surface area contributed by atoms with Crippen LogP contribution in [0.25, 0.3) is 0 Å². The van der Waals surface area contributed by atoms with Crippen molar-refractivity contribution in [3.8, 4) is 6.07 Å². The first kappa shape index (κ1) is 15.3. The molecule has 1 fully saturated rings. The molecule has 1 saturated heterocycles. The standard InChI is InChI=1S/C19H20BrN2/c1-15-2-4-16(5-3-15)12-22(14-19(22)10-11-21)13-17-6-8-18(20)9-7-17/h2-9,19H,10,12-14H2,1H3/q+1. The van der Waals surface area contributed by atoms with Crippen LogP contribution in [0.4, 0.5) is 0 Å². The summed E-state index contributed by atoms with van der Waals surface area (Å²) in [5, 5.41) is 9.05. The van der Waals surface area contributed by atoms with Crippen molar-refractivity contribution in [2.75, 3.05) is 6.54 Å². The van der Waals surface area contributed by atoms with Crippen molar-refractivity contribution >= 4 is 15.9 Å². The molecule has 0 aliphatic carbocycles. The van der Waals surface area contributed by atoms with Crippen LogP contribution < -0.4 is 0 Å². The van der Waals surface area contributed by atoms with E-state index in [4.69, 9.17) is 5.26 Å². The Hall–Kier alpha value is -1.63. The number of hydrogen-bond donors (Lipinski definition) is 0. The van der Waals surface area contributed by atoms with Gasteiger partial charge in [0.15, 0.2) is 6.04 Å². The Morgan fingerprint density at radius 2 is 1.59 bits per heavy atom. The Kier molecular flexibility index (Phi) is 4.33. The molecular weight excluding hydrogens is 336 g/mol. The van der Waals surface area contributed by atoms with Crippen LogP contribution in [-0.4, -0.2) is 17.1 Å². The molecule has 2 nitrogen and oxygen atoms in total. The predicted octanol–water partition coefficient (Wildman–Crippen LogP) is 4.57. The van der Waals surface area contributed by atoms with Gasteiger partial charge in [-0.1, -0.05) is 57.9 Å². The maximum atomic E-state index is 9.05. The summed E-state index contributed by atoms with van der Waals surface area (Å²) in [6.45, 7) is 5.25. The highest BCUT2D eigenvalue weighted by molar-refractivity contribution is 9.10. The molecular formula is C19H20BrN2+. The van der Waals surface area contributed by atoms with E-state index in [-0.39, 0.29) is 0 Å². The van der Waals surface area contributed by atoms with Crippen LogP contribution in [0.2, 0.25) is 0 Å². The van der Waals surface area contributed by atoms with Gasteiger partial charge in [-0.3, -0.25) is 0 Å². The molecule has 2 unspecified atom stereocenters. The average Bonchev–Trinajstić information content (AvgIpc) is 3.16. The van der Waals surface area contributed by atoms with E-state index in [9.17, 15) is 0 Å². The zero-order valence-corrected chi connectivity index (χ0v) is 14.4. The van der Waals surface area contributed by atoms with E-state index in [1.807, 2.05) is 0 Å². The van der Waals surface area contributed by atoms with Gasteiger partial charge < -0.3 is 4.48 Å². The zero-order valence-electron chi connectivity index (χ0n) is 12.8. The first-order chi connectivity index (χ1) is 10.6. The number of hydrogen-bond acceptors (Lipinski definition) is 1. The van der Waals surface area contributed by atoms with Crippen LogP contribution in [0.15, 0.2) is 53.0 Å². The molecule has 22 heavy (non-hydrogen) atoms. The second-order valence-corrected chi connectivity index (χ2v) is 7.26. The van der Waals surface area contributed by atoms with Crippen molar-refractivity contribution in [1.82, 2.24) is 0 Å². The van der Waals surface area contributed by atoms with Crippen LogP contribution in [0.3, 0.4) is 0 Å². The zero-order chi connectivity index (χ0) is 15.6. The van der Waals surface area contributed by atoms with Crippen LogP contribution in [0, 0.1) is 18.3 Å². The maximum Gasteiger partial charge on any atom is 0.152 e. The number of nitriles is 1. The van der Waals surface area contributed by atoms with Crippen molar-refractivity contribution < 1.29 is 4.48 Å². The fourth-order valence-electron chi connectivity index (χ4n) is 3.19. The minimum atomic E-state index is 0.481. The van der Waals surface area contributed by atoms with Crippen LogP contribution in [-0.2, 0) is 13.1 Å². The second kappa shape index (κ2) is 6.24. The van der Waals surface area contributed by atoms with Crippen molar-refractivity contribution in [2.24, 2.45) is 0 Å². The molecule has 0 N–H and O–H groups in total. The van der Waals surface area contributed by atoms with Crippen molar-refractivity contribution in [3.05, 3.63) is 69.7 Å². The Morgan fingerprint density at radius 1 is 1.05 bits per heavy atom. The van der Waals surface area contributed by atoms with E-state index >= 15 is 0 Å². The van der Waals surface area contributed by atoms with E-state index in [0.717, 1.165) is 28.6 Å². The molecule has 0 aromatic heterocycles. The predicted molar refractivity (Wildman–Crippen MR) is 91.9 cm³/mol. The van der Waals surface area contributed by atoms with Gasteiger partial charge in [-0.05, 0) is 19.1 Å². The highest BCUT2D eigenvalue weighted by atomic mass is 79.9. The molecule has 2 aromatic rings. The van der Waals surface area contributed by atoms with Gasteiger partial charge in [-0.25, -0.2) is 0 Å². The SMILES string of the molecule is Cc1ccc(C[N+]2(Cc3ccc(Br)cc3)CC2CC#N)cc1. The third-order valence-corrected chi connectivity index (χ3v) is 5.10. The van der Waals surface area contributed by atoms with Gasteiger partial charge in [0.2, 0.25) is 0 Å². The second-order valence-electron chi connectivity index (χ2n) is 6.35. The smallest absolute Gasteiger partial charge is 0.152 e. The summed E-state index contributed by atoms with van der Waals surface area (Å²) in [7, 11) is 0. The van der Waals surface area contributed by atoms with E-state index in [1.165, 1.54) is 16.7 Å². The topological polar surface area (TPSA) is 23.8 Å². The first-order valence-electron chi connectivity index (χ1n) is 7.64. The normalized spacial score (nSPS) is 23.0. The van der Waals surface area contributed by atoms with Crippen LogP contribution >= 0.6 is 15.9 Å². The Balaban J connectivity index is 1.78. The average molecular weight is 356 g/mol. The van der Waals surface area contributed by atoms with Gasteiger partial charge in [0.05, 0.1) is 12.5 Å². The Bertz CT molecular complexity index is 635. The highest BCUT2D eigenvalue weighted by Gasteiger charge is 2.54. The monoisotopic (exact) mass is 355 g/mol. The molecule has 2 atom stereocenters. The number of benzene rings is 2. The molecule has 0 saturated carbocycles. The number of aryl methyl sites for hydroxylation is 1. The minimum absolute atomic E-state index is 0.481. The van der Waals surface area contributed by atoms with Gasteiger partial charge in [0.1, 0.15) is 19.6 Å². The summed E-state index contributed by atoms with van der Waals surface area (Å²) in [4.78, 5) is 0. The van der Waals surface area contributed by atoms with Crippen molar-refractivity contribution in [2.45, 2.75) is 32.5 Å². The summed E-state index contributed by atoms with van der Waals surface area (Å²) >= 11 is 3.49. The quantitative estimate of drug-likeness (QED) is 0.569. The van der Waals surface area contributed by atoms with E-state index in [0.29, 0.717) is 12.5 Å². The molecule has 3 rings (SSSR count). The number of rotatable bonds is 5. The lowest BCUT2D eigenvalue weighted by Crippen LogP contribution is -2.28. The fraction of sp³-hybridized carbons (Fsp3) is 0.316. The van der Waals surface area contributed by atoms with Crippen molar-refractivity contribution in [1.29, 1.82) is 5.26 Å². The van der Waals surface area contributed by atoms with E-state index in [2.05, 4.69) is 77.5 Å². The summed E-state index contributed by atoms with van der Waals surface area (Å²) < 4.78 is 2.12. The lowest BCUT2D eigenvalue weighted by atomic mass is 10.1. The molecule has 0 bridgehead atoms. The molecule has 112 valence electrons. The van der Waals surface area contributed by atoms with Gasteiger partial charge in [-0.2, -0.15) is 5.26 Å². The third-order valence-electron chi connectivity index (χ3n) is 4.57. The number of halogens is 1. The van der Waals surface area contributed by atoms with Gasteiger partial charge >= 0.3 is 0 Å². The molecule has 2 aromatic carbocycles. The number of nitrogens with zero attached hydrogens (tertiary/aromatic N) is 2. The summed E-state index contributed by atoms with van der Waals surface area (Å²) in [6, 6.07) is 20.2. The van der Waals surface area contributed by atoms with Crippen LogP contribution in [0.1, 0.15) is 23.1 Å². The Labute approximate surface area is 140 Å². The number of quaternary nitrogens is 1. The summed E-state index contributed by atoms with van der Waals surface area (Å²) in [5.74, 6) is 0. The lowest BCUT2D eigenvalue weighted by Gasteiger charge is -2.21. The molecule has 0 radical (unpaired) electrons. The molecule has 0 amide bonds. The summed E-state index contributed by atoms with van der Waals surface area (Å²) in [5.41, 5.74) is 4.00. The molecule has 0 spiro atoms. The molecule has 3 heteroatoms. The van der Waals surface area contributed by atoms with Crippen LogP contribution in [0.5, 0.6) is 0 Å². The largest absolute Gasteiger partial charge is 0.303 e.